The smallest absolute Gasteiger partial charge is 0.407 e. The molecule has 0 aliphatic heterocycles. The molecular weight excluding hydrogens is 332 g/mol. The number of anilines is 2. The average molecular weight is 369 g/mol. The van der Waals surface area contributed by atoms with Crippen LogP contribution in [0.4, 0.5) is 16.2 Å². The summed E-state index contributed by atoms with van der Waals surface area (Å²) in [7, 11) is 1.50. The first kappa shape index (κ1) is 26.0. The van der Waals surface area contributed by atoms with Gasteiger partial charge in [-0.2, -0.15) is 0 Å². The van der Waals surface area contributed by atoms with E-state index in [1.807, 2.05) is 34.6 Å². The number of alkyl carbamates (subject to hydrolysis) is 1. The minimum atomic E-state index is -0.475. The van der Waals surface area contributed by atoms with Crippen LogP contribution in [-0.4, -0.2) is 38.1 Å². The van der Waals surface area contributed by atoms with Gasteiger partial charge in [-0.3, -0.25) is 4.79 Å². The highest BCUT2D eigenvalue weighted by molar-refractivity contribution is 5.80. The highest BCUT2D eigenvalue weighted by Crippen LogP contribution is 2.18. The fraction of sp³-hybridized carbons (Fsp3) is 0.579. The third kappa shape index (κ3) is 13.1. The summed E-state index contributed by atoms with van der Waals surface area (Å²) in [5.74, 6) is 0. The van der Waals surface area contributed by atoms with Crippen molar-refractivity contribution in [3.05, 3.63) is 23.8 Å². The van der Waals surface area contributed by atoms with E-state index in [4.69, 9.17) is 10.5 Å². The minimum Gasteiger partial charge on any atom is -0.444 e. The van der Waals surface area contributed by atoms with Crippen LogP contribution in [-0.2, 0) is 4.74 Å². The summed E-state index contributed by atoms with van der Waals surface area (Å²) >= 11 is 0. The molecule has 0 radical (unpaired) electrons. The minimum absolute atomic E-state index is 0.394. The van der Waals surface area contributed by atoms with Gasteiger partial charge in [0, 0.05) is 18.7 Å². The van der Waals surface area contributed by atoms with Gasteiger partial charge in [0.25, 0.3) is 0 Å². The molecule has 26 heavy (non-hydrogen) atoms. The first-order valence-electron chi connectivity index (χ1n) is 8.95. The number of nitrogen functional groups attached to an aromatic ring is 1. The Labute approximate surface area is 157 Å². The second-order valence-electron chi connectivity index (χ2n) is 6.03. The van der Waals surface area contributed by atoms with Crippen molar-refractivity contribution in [2.75, 3.05) is 31.2 Å². The molecule has 1 amide bonds. The number of rotatable bonds is 7. The van der Waals surface area contributed by atoms with Crippen molar-refractivity contribution in [3.63, 3.8) is 0 Å². The fourth-order valence-electron chi connectivity index (χ4n) is 1.79. The van der Waals surface area contributed by atoms with Crippen LogP contribution in [0.3, 0.4) is 0 Å². The quantitative estimate of drug-likeness (QED) is 0.333. The van der Waals surface area contributed by atoms with Gasteiger partial charge in [0.2, 0.25) is 0 Å². The Kier molecular flexibility index (Phi) is 15.0. The Bertz CT molecular complexity index is 514. The van der Waals surface area contributed by atoms with Crippen LogP contribution in [0.25, 0.3) is 0 Å². The van der Waals surface area contributed by atoms with Crippen LogP contribution >= 0.6 is 0 Å². The van der Waals surface area contributed by atoms with Gasteiger partial charge >= 0.3 is 6.09 Å². The molecule has 0 aromatic heterocycles. The Morgan fingerprint density at radius 1 is 1.15 bits per heavy atom. The largest absolute Gasteiger partial charge is 0.444 e. The molecule has 0 aliphatic carbocycles. The summed E-state index contributed by atoms with van der Waals surface area (Å²) in [6, 6.07) is 5.15. The van der Waals surface area contributed by atoms with Gasteiger partial charge in [-0.05, 0) is 58.9 Å². The molecule has 0 saturated carbocycles. The molecule has 150 valence electrons. The number of ether oxygens (including phenoxy) is 1. The van der Waals surface area contributed by atoms with E-state index in [-0.39, 0.29) is 0 Å². The number of nitrogens with two attached hydrogens (primary N) is 2. The zero-order chi connectivity index (χ0) is 20.6. The maximum atomic E-state index is 11.4. The molecule has 1 aromatic carbocycles. The number of carbonyl (C=O) groups is 2. The molecule has 0 aliphatic rings. The molecule has 0 atom stereocenters. The lowest BCUT2D eigenvalue weighted by molar-refractivity contribution is 0.0527. The lowest BCUT2D eigenvalue weighted by Crippen LogP contribution is -2.33. The number of carbonyl (C=O) groups excluding carboxylic acids is 2. The van der Waals surface area contributed by atoms with Crippen LogP contribution in [0.15, 0.2) is 18.2 Å². The monoisotopic (exact) mass is 368 g/mol. The van der Waals surface area contributed by atoms with Crippen LogP contribution in [0.1, 0.15) is 57.8 Å². The van der Waals surface area contributed by atoms with E-state index in [2.05, 4.69) is 16.4 Å². The number of hydrogen-bond donors (Lipinski definition) is 4. The van der Waals surface area contributed by atoms with E-state index in [0.29, 0.717) is 17.8 Å². The maximum Gasteiger partial charge on any atom is 0.407 e. The highest BCUT2D eigenvalue weighted by atomic mass is 16.6. The zero-order valence-electron chi connectivity index (χ0n) is 17.0. The summed E-state index contributed by atoms with van der Waals surface area (Å²) in [6.45, 7) is 10.8. The molecule has 1 aromatic rings. The topological polar surface area (TPSA) is 119 Å². The van der Waals surface area contributed by atoms with Crippen molar-refractivity contribution >= 4 is 23.8 Å². The number of unbranched alkanes of at least 4 members (excludes halogenated alkanes) is 1. The van der Waals surface area contributed by atoms with E-state index >= 15 is 0 Å². The van der Waals surface area contributed by atoms with Crippen LogP contribution in [0.2, 0.25) is 0 Å². The summed E-state index contributed by atoms with van der Waals surface area (Å²) in [5.41, 5.74) is 11.8. The Balaban J connectivity index is 0. The van der Waals surface area contributed by atoms with Gasteiger partial charge < -0.3 is 26.8 Å². The molecule has 0 spiro atoms. The van der Waals surface area contributed by atoms with Crippen LogP contribution in [0, 0.1) is 0 Å². The summed E-state index contributed by atoms with van der Waals surface area (Å²) < 4.78 is 5.14. The third-order valence-electron chi connectivity index (χ3n) is 2.80. The van der Waals surface area contributed by atoms with Crippen LogP contribution < -0.4 is 22.1 Å². The summed E-state index contributed by atoms with van der Waals surface area (Å²) in [4.78, 5) is 22.0. The van der Waals surface area contributed by atoms with Crippen molar-refractivity contribution in [1.29, 1.82) is 0 Å². The van der Waals surface area contributed by atoms with E-state index in [9.17, 15) is 9.59 Å². The highest BCUT2D eigenvalue weighted by Gasteiger charge is 2.15. The van der Waals surface area contributed by atoms with E-state index < -0.39 is 11.7 Å². The third-order valence-corrected chi connectivity index (χ3v) is 2.80. The average Bonchev–Trinajstić information content (AvgIpc) is 2.61. The van der Waals surface area contributed by atoms with Gasteiger partial charge in [0.1, 0.15) is 11.9 Å². The van der Waals surface area contributed by atoms with Gasteiger partial charge in [0.05, 0.1) is 11.4 Å². The molecule has 0 unspecified atom stereocenters. The van der Waals surface area contributed by atoms with Crippen molar-refractivity contribution in [3.8, 4) is 0 Å². The Hall–Kier alpha value is -2.28. The lowest BCUT2D eigenvalue weighted by atomic mass is 10.2. The van der Waals surface area contributed by atoms with Crippen molar-refractivity contribution in [2.24, 2.45) is 5.73 Å². The SMILES string of the molecule is CC.CC(C)(C)OC(=O)NCCCCNc1ccc(C=O)cc1N.CN. The van der Waals surface area contributed by atoms with Gasteiger partial charge in [-0.15, -0.1) is 0 Å². The number of amides is 1. The summed E-state index contributed by atoms with van der Waals surface area (Å²) in [6.07, 6.45) is 2.08. The fourth-order valence-corrected chi connectivity index (χ4v) is 1.79. The standard InChI is InChI=1S/C16H25N3O3.C2H6.CH5N/c1-16(2,3)22-15(21)19-9-5-4-8-18-14-7-6-12(11-20)10-13(14)17;2*1-2/h6-7,10-11,18H,4-5,8-9,17H2,1-3H3,(H,19,21);1-2H3;2H2,1H3. The van der Waals surface area contributed by atoms with E-state index in [1.54, 1.807) is 18.2 Å². The summed E-state index contributed by atoms with van der Waals surface area (Å²) in [5, 5.41) is 5.92. The molecule has 0 bridgehead atoms. The first-order valence-corrected chi connectivity index (χ1v) is 8.95. The van der Waals surface area contributed by atoms with Crippen molar-refractivity contribution in [2.45, 2.75) is 53.1 Å². The number of hydrogen-bond acceptors (Lipinski definition) is 6. The van der Waals surface area contributed by atoms with Crippen LogP contribution in [0.5, 0.6) is 0 Å². The molecule has 6 N–H and O–H groups in total. The molecule has 0 heterocycles. The molecule has 7 nitrogen and oxygen atoms in total. The Morgan fingerprint density at radius 2 is 1.73 bits per heavy atom. The second-order valence-corrected chi connectivity index (χ2v) is 6.03. The lowest BCUT2D eigenvalue weighted by Gasteiger charge is -2.19. The van der Waals surface area contributed by atoms with E-state index in [1.165, 1.54) is 7.05 Å². The molecule has 7 heteroatoms. The van der Waals surface area contributed by atoms with Gasteiger partial charge in [0.15, 0.2) is 0 Å². The number of nitrogens with one attached hydrogen (secondary N) is 2. The molecule has 1 rings (SSSR count). The predicted molar refractivity (Wildman–Crippen MR) is 110 cm³/mol. The maximum absolute atomic E-state index is 11.4. The Morgan fingerprint density at radius 3 is 2.23 bits per heavy atom. The van der Waals surface area contributed by atoms with Gasteiger partial charge in [-0.1, -0.05) is 13.8 Å². The second kappa shape index (κ2) is 15.0. The van der Waals surface area contributed by atoms with Crippen molar-refractivity contribution < 1.29 is 14.3 Å². The zero-order valence-corrected chi connectivity index (χ0v) is 17.0. The number of benzene rings is 1. The van der Waals surface area contributed by atoms with Gasteiger partial charge in [-0.25, -0.2) is 4.79 Å². The molecular formula is C19H36N4O3. The predicted octanol–water partition coefficient (Wildman–Crippen LogP) is 3.40. The first-order chi connectivity index (χ1) is 12.3. The van der Waals surface area contributed by atoms with E-state index in [0.717, 1.165) is 31.4 Å². The number of aldehydes is 1. The normalized spacial score (nSPS) is 9.65. The molecule has 0 saturated heterocycles. The molecule has 0 fully saturated rings. The van der Waals surface area contributed by atoms with Crippen molar-refractivity contribution in [1.82, 2.24) is 5.32 Å².